The number of fused-ring (bicyclic) bond motifs is 1. The van der Waals surface area contributed by atoms with Crippen LogP contribution in [0, 0.1) is 12.8 Å². The average Bonchev–Trinajstić information content (AvgIpc) is 2.87. The summed E-state index contributed by atoms with van der Waals surface area (Å²) < 4.78 is 1.41. The maximum absolute atomic E-state index is 5.96. The van der Waals surface area contributed by atoms with Crippen LogP contribution in [-0.2, 0) is 0 Å². The zero-order valence-electron chi connectivity index (χ0n) is 11.5. The third-order valence-electron chi connectivity index (χ3n) is 4.22. The second-order valence-corrected chi connectivity index (χ2v) is 6.71. The highest BCUT2D eigenvalue weighted by Gasteiger charge is 2.18. The summed E-state index contributed by atoms with van der Waals surface area (Å²) in [5.74, 6) is 0.790. The largest absolute Gasteiger partial charge is 0.385 e. The first kappa shape index (κ1) is 12.9. The van der Waals surface area contributed by atoms with Crippen LogP contribution in [0.5, 0.6) is 0 Å². The second kappa shape index (κ2) is 5.51. The van der Waals surface area contributed by atoms with Crippen molar-refractivity contribution < 1.29 is 0 Å². The first-order chi connectivity index (χ1) is 9.22. The Morgan fingerprint density at radius 3 is 2.84 bits per heavy atom. The molecule has 1 aromatic heterocycles. The Morgan fingerprint density at radius 2 is 2.05 bits per heavy atom. The van der Waals surface area contributed by atoms with Crippen molar-refractivity contribution in [3.8, 4) is 0 Å². The van der Waals surface area contributed by atoms with Crippen molar-refractivity contribution in [3.63, 3.8) is 0 Å². The molecule has 1 saturated carbocycles. The van der Waals surface area contributed by atoms with Crippen LogP contribution >= 0.6 is 11.3 Å². The summed E-state index contributed by atoms with van der Waals surface area (Å²) in [7, 11) is 0. The van der Waals surface area contributed by atoms with E-state index in [1.54, 1.807) is 0 Å². The van der Waals surface area contributed by atoms with Crippen LogP contribution in [0.2, 0.25) is 0 Å². The summed E-state index contributed by atoms with van der Waals surface area (Å²) in [4.78, 5) is 0. The molecule has 0 radical (unpaired) electrons. The number of rotatable bonds is 3. The summed E-state index contributed by atoms with van der Waals surface area (Å²) in [6.45, 7) is 3.28. The minimum atomic E-state index is 0.445. The fraction of sp³-hybridized carbons (Fsp3) is 0.500. The fourth-order valence-electron chi connectivity index (χ4n) is 3.02. The van der Waals surface area contributed by atoms with E-state index in [9.17, 15) is 0 Å². The topological polar surface area (TPSA) is 38.0 Å². The lowest BCUT2D eigenvalue weighted by Crippen LogP contribution is -2.29. The van der Waals surface area contributed by atoms with E-state index in [1.165, 1.54) is 47.0 Å². The minimum Gasteiger partial charge on any atom is -0.385 e. The Morgan fingerprint density at radius 1 is 1.26 bits per heavy atom. The first-order valence-corrected chi connectivity index (χ1v) is 8.07. The Labute approximate surface area is 119 Å². The molecular formula is C16H22N2S. The van der Waals surface area contributed by atoms with Gasteiger partial charge in [-0.05, 0) is 73.1 Å². The Balaban J connectivity index is 1.65. The van der Waals surface area contributed by atoms with Gasteiger partial charge in [0.25, 0.3) is 0 Å². The molecule has 0 aliphatic heterocycles. The molecule has 0 spiro atoms. The van der Waals surface area contributed by atoms with Gasteiger partial charge in [-0.2, -0.15) is 0 Å². The molecule has 2 aromatic rings. The van der Waals surface area contributed by atoms with Gasteiger partial charge in [0, 0.05) is 23.0 Å². The summed E-state index contributed by atoms with van der Waals surface area (Å²) in [5, 5.41) is 7.15. The molecule has 3 N–H and O–H groups in total. The van der Waals surface area contributed by atoms with E-state index in [2.05, 4.69) is 35.8 Å². The van der Waals surface area contributed by atoms with Crippen molar-refractivity contribution in [2.45, 2.75) is 38.6 Å². The van der Waals surface area contributed by atoms with Gasteiger partial charge >= 0.3 is 0 Å². The molecule has 2 nitrogen and oxygen atoms in total. The van der Waals surface area contributed by atoms with Crippen LogP contribution in [-0.4, -0.2) is 12.6 Å². The van der Waals surface area contributed by atoms with Crippen LogP contribution in [0.4, 0.5) is 5.69 Å². The van der Waals surface area contributed by atoms with Crippen molar-refractivity contribution in [2.75, 3.05) is 11.9 Å². The number of nitrogens with one attached hydrogen (secondary N) is 1. The van der Waals surface area contributed by atoms with Gasteiger partial charge in [-0.25, -0.2) is 0 Å². The Bertz CT molecular complexity index is 553. The summed E-state index contributed by atoms with van der Waals surface area (Å²) in [6.07, 6.45) is 4.92. The maximum atomic E-state index is 5.96. The summed E-state index contributed by atoms with van der Waals surface area (Å²) in [5.41, 5.74) is 8.59. The smallest absolute Gasteiger partial charge is 0.0373 e. The van der Waals surface area contributed by atoms with Crippen molar-refractivity contribution in [1.82, 2.24) is 0 Å². The number of benzene rings is 1. The molecule has 19 heavy (non-hydrogen) atoms. The molecule has 1 aromatic carbocycles. The molecule has 0 unspecified atom stereocenters. The summed E-state index contributed by atoms with van der Waals surface area (Å²) in [6, 6.07) is 7.19. The maximum Gasteiger partial charge on any atom is 0.0373 e. The van der Waals surface area contributed by atoms with Gasteiger partial charge in [0.15, 0.2) is 0 Å². The van der Waals surface area contributed by atoms with Crippen LogP contribution in [0.1, 0.15) is 31.2 Å². The van der Waals surface area contributed by atoms with E-state index in [0.29, 0.717) is 6.04 Å². The molecule has 3 rings (SSSR count). The van der Waals surface area contributed by atoms with Gasteiger partial charge in [0.05, 0.1) is 0 Å². The molecule has 0 atom stereocenters. The molecule has 1 heterocycles. The molecule has 1 fully saturated rings. The third-order valence-corrected chi connectivity index (χ3v) is 5.29. The quantitative estimate of drug-likeness (QED) is 0.883. The van der Waals surface area contributed by atoms with Gasteiger partial charge in [-0.15, -0.1) is 11.3 Å². The van der Waals surface area contributed by atoms with E-state index >= 15 is 0 Å². The van der Waals surface area contributed by atoms with Gasteiger partial charge in [-0.3, -0.25) is 0 Å². The zero-order chi connectivity index (χ0) is 13.2. The van der Waals surface area contributed by atoms with E-state index in [0.717, 1.165) is 12.5 Å². The minimum absolute atomic E-state index is 0.445. The Kier molecular flexibility index (Phi) is 3.76. The zero-order valence-corrected chi connectivity index (χ0v) is 12.3. The molecule has 0 bridgehead atoms. The third kappa shape index (κ3) is 2.93. The SMILES string of the molecule is Cc1cc(NCC2CCC(N)CC2)cc2ccsc12. The van der Waals surface area contributed by atoms with Crippen LogP contribution in [0.3, 0.4) is 0 Å². The highest BCUT2D eigenvalue weighted by atomic mass is 32.1. The van der Waals surface area contributed by atoms with Crippen molar-refractivity contribution in [1.29, 1.82) is 0 Å². The molecule has 3 heteroatoms. The molecule has 1 aliphatic rings. The van der Waals surface area contributed by atoms with Crippen LogP contribution < -0.4 is 11.1 Å². The predicted molar refractivity (Wildman–Crippen MR) is 85.0 cm³/mol. The highest BCUT2D eigenvalue weighted by Crippen LogP contribution is 2.29. The van der Waals surface area contributed by atoms with Crippen molar-refractivity contribution in [3.05, 3.63) is 29.1 Å². The van der Waals surface area contributed by atoms with E-state index < -0.39 is 0 Å². The number of aryl methyl sites for hydroxylation is 1. The lowest BCUT2D eigenvalue weighted by atomic mass is 9.86. The van der Waals surface area contributed by atoms with Crippen LogP contribution in [0.25, 0.3) is 10.1 Å². The molecule has 102 valence electrons. The lowest BCUT2D eigenvalue weighted by molar-refractivity contribution is 0.339. The molecular weight excluding hydrogens is 252 g/mol. The van der Waals surface area contributed by atoms with Crippen molar-refractivity contribution in [2.24, 2.45) is 11.7 Å². The van der Waals surface area contributed by atoms with E-state index in [1.807, 2.05) is 11.3 Å². The van der Waals surface area contributed by atoms with Gasteiger partial charge in [0.2, 0.25) is 0 Å². The van der Waals surface area contributed by atoms with E-state index in [-0.39, 0.29) is 0 Å². The number of hydrogen-bond donors (Lipinski definition) is 2. The Hall–Kier alpha value is -1.06. The van der Waals surface area contributed by atoms with Gasteiger partial charge in [0.1, 0.15) is 0 Å². The number of anilines is 1. The average molecular weight is 274 g/mol. The van der Waals surface area contributed by atoms with Crippen LogP contribution in [0.15, 0.2) is 23.6 Å². The van der Waals surface area contributed by atoms with E-state index in [4.69, 9.17) is 5.73 Å². The normalized spacial score (nSPS) is 23.7. The molecule has 0 amide bonds. The number of hydrogen-bond acceptors (Lipinski definition) is 3. The molecule has 0 saturated heterocycles. The number of thiophene rings is 1. The van der Waals surface area contributed by atoms with Gasteiger partial charge in [-0.1, -0.05) is 0 Å². The second-order valence-electron chi connectivity index (χ2n) is 5.79. The molecule has 1 aliphatic carbocycles. The first-order valence-electron chi connectivity index (χ1n) is 7.19. The monoisotopic (exact) mass is 274 g/mol. The highest BCUT2D eigenvalue weighted by molar-refractivity contribution is 7.17. The predicted octanol–water partition coefficient (Wildman–Crippen LogP) is 4.14. The summed E-state index contributed by atoms with van der Waals surface area (Å²) >= 11 is 1.83. The lowest BCUT2D eigenvalue weighted by Gasteiger charge is -2.26. The number of nitrogens with two attached hydrogens (primary N) is 1. The van der Waals surface area contributed by atoms with Crippen molar-refractivity contribution >= 4 is 27.1 Å². The van der Waals surface area contributed by atoms with Gasteiger partial charge < -0.3 is 11.1 Å². The fourth-order valence-corrected chi connectivity index (χ4v) is 3.88. The standard InChI is InChI=1S/C16H22N2S/c1-11-8-15(9-13-6-7-19-16(11)13)18-10-12-2-4-14(17)5-3-12/h6-9,12,14,18H,2-5,10,17H2,1H3.